The van der Waals surface area contributed by atoms with Crippen molar-refractivity contribution in [1.82, 2.24) is 20.2 Å². The van der Waals surface area contributed by atoms with E-state index in [0.717, 1.165) is 5.69 Å². The lowest BCUT2D eigenvalue weighted by Gasteiger charge is -2.08. The highest BCUT2D eigenvalue weighted by Crippen LogP contribution is 2.29. The molecule has 104 valence electrons. The van der Waals surface area contributed by atoms with Crippen LogP contribution in [0.15, 0.2) is 23.4 Å². The predicted molar refractivity (Wildman–Crippen MR) is 73.8 cm³/mol. The molecule has 7 heteroatoms. The Morgan fingerprint density at radius 2 is 2.20 bits per heavy atom. The molecule has 1 aromatic heterocycles. The van der Waals surface area contributed by atoms with Gasteiger partial charge in [-0.2, -0.15) is 4.68 Å². The highest BCUT2D eigenvalue weighted by Gasteiger charge is 2.29. The largest absolute Gasteiger partial charge is 0.465 e. The molecule has 1 atom stereocenters. The average molecular weight is 290 g/mol. The standard InChI is InChI=1S/C13H14N4O2S/c1-8-3-4-10(7-9(8)2)17-13(14-15-16-17)20-11-5-6-19-12(11)18/h3-4,7,11H,5-6H2,1-2H3/t11-/m1/s1. The molecule has 1 saturated heterocycles. The summed E-state index contributed by atoms with van der Waals surface area (Å²) in [4.78, 5) is 11.5. The van der Waals surface area contributed by atoms with Crippen molar-refractivity contribution in [3.8, 4) is 5.69 Å². The third kappa shape index (κ3) is 2.40. The molecule has 1 aromatic carbocycles. The highest BCUT2D eigenvalue weighted by molar-refractivity contribution is 8.00. The first-order chi connectivity index (χ1) is 9.65. The summed E-state index contributed by atoms with van der Waals surface area (Å²) in [5, 5.41) is 12.1. The second kappa shape index (κ2) is 5.24. The summed E-state index contributed by atoms with van der Waals surface area (Å²) in [7, 11) is 0. The number of cyclic esters (lactones) is 1. The molecule has 0 saturated carbocycles. The number of esters is 1. The number of benzene rings is 1. The molecule has 6 nitrogen and oxygen atoms in total. The van der Waals surface area contributed by atoms with E-state index in [2.05, 4.69) is 22.4 Å². The van der Waals surface area contributed by atoms with Crippen molar-refractivity contribution in [3.05, 3.63) is 29.3 Å². The van der Waals surface area contributed by atoms with E-state index < -0.39 is 0 Å². The smallest absolute Gasteiger partial charge is 0.319 e. The maximum absolute atomic E-state index is 11.5. The maximum Gasteiger partial charge on any atom is 0.319 e. The van der Waals surface area contributed by atoms with Gasteiger partial charge in [-0.1, -0.05) is 17.8 Å². The van der Waals surface area contributed by atoms with E-state index in [1.54, 1.807) is 4.68 Å². The SMILES string of the molecule is Cc1ccc(-n2nnnc2S[C@@H]2CCOC2=O)cc1C. The first-order valence-corrected chi connectivity index (χ1v) is 7.22. The van der Waals surface area contributed by atoms with E-state index in [9.17, 15) is 4.79 Å². The second-order valence-corrected chi connectivity index (χ2v) is 5.87. The fourth-order valence-corrected chi connectivity index (χ4v) is 2.94. The molecule has 2 heterocycles. The number of tetrazole rings is 1. The topological polar surface area (TPSA) is 69.9 Å². The Hall–Kier alpha value is -1.89. The molecule has 1 aliphatic rings. The van der Waals surface area contributed by atoms with E-state index in [4.69, 9.17) is 4.74 Å². The van der Waals surface area contributed by atoms with Gasteiger partial charge in [0.1, 0.15) is 5.25 Å². The highest BCUT2D eigenvalue weighted by atomic mass is 32.2. The summed E-state index contributed by atoms with van der Waals surface area (Å²) in [6.07, 6.45) is 0.698. The van der Waals surface area contributed by atoms with Crippen LogP contribution in [-0.4, -0.2) is 38.0 Å². The summed E-state index contributed by atoms with van der Waals surface area (Å²) in [6, 6.07) is 6.03. The molecule has 0 aliphatic carbocycles. The minimum atomic E-state index is -0.216. The van der Waals surface area contributed by atoms with Gasteiger partial charge < -0.3 is 4.74 Å². The lowest BCUT2D eigenvalue weighted by Crippen LogP contribution is -2.11. The Balaban J connectivity index is 1.89. The molecule has 2 aromatic rings. The zero-order chi connectivity index (χ0) is 14.1. The number of hydrogen-bond acceptors (Lipinski definition) is 6. The molecule has 0 radical (unpaired) electrons. The minimum absolute atomic E-state index is 0.190. The first kappa shape index (κ1) is 13.1. The Labute approximate surface area is 120 Å². The van der Waals surface area contributed by atoms with E-state index in [0.29, 0.717) is 18.2 Å². The van der Waals surface area contributed by atoms with Crippen LogP contribution in [0, 0.1) is 13.8 Å². The lowest BCUT2D eigenvalue weighted by molar-refractivity contribution is -0.137. The second-order valence-electron chi connectivity index (χ2n) is 4.70. The number of aryl methyl sites for hydroxylation is 2. The van der Waals surface area contributed by atoms with E-state index in [1.807, 2.05) is 25.1 Å². The zero-order valence-corrected chi connectivity index (χ0v) is 12.1. The summed E-state index contributed by atoms with van der Waals surface area (Å²) in [6.45, 7) is 4.58. The molecule has 0 bridgehead atoms. The number of nitrogens with zero attached hydrogens (tertiary/aromatic N) is 4. The van der Waals surface area contributed by atoms with Crippen molar-refractivity contribution in [3.63, 3.8) is 0 Å². The molecule has 0 N–H and O–H groups in total. The third-order valence-electron chi connectivity index (χ3n) is 3.31. The molecule has 0 unspecified atom stereocenters. The van der Waals surface area contributed by atoms with Crippen LogP contribution in [0.25, 0.3) is 5.69 Å². The van der Waals surface area contributed by atoms with Gasteiger partial charge >= 0.3 is 5.97 Å². The van der Waals surface area contributed by atoms with Crippen LogP contribution in [0.5, 0.6) is 0 Å². The number of aromatic nitrogens is 4. The third-order valence-corrected chi connectivity index (χ3v) is 4.49. The van der Waals surface area contributed by atoms with Crippen molar-refractivity contribution in [2.24, 2.45) is 0 Å². The van der Waals surface area contributed by atoms with E-state index >= 15 is 0 Å². The number of carbonyl (C=O) groups excluding carboxylic acids is 1. The first-order valence-electron chi connectivity index (χ1n) is 6.34. The number of carbonyl (C=O) groups is 1. The molecule has 1 fully saturated rings. The maximum atomic E-state index is 11.5. The zero-order valence-electron chi connectivity index (χ0n) is 11.2. The van der Waals surface area contributed by atoms with Crippen LogP contribution >= 0.6 is 11.8 Å². The van der Waals surface area contributed by atoms with Gasteiger partial charge in [0.2, 0.25) is 5.16 Å². The summed E-state index contributed by atoms with van der Waals surface area (Å²) in [5.74, 6) is -0.190. The van der Waals surface area contributed by atoms with Crippen molar-refractivity contribution in [2.75, 3.05) is 6.61 Å². The lowest BCUT2D eigenvalue weighted by atomic mass is 10.1. The van der Waals surface area contributed by atoms with Gasteiger partial charge in [-0.3, -0.25) is 4.79 Å². The summed E-state index contributed by atoms with van der Waals surface area (Å²) < 4.78 is 6.61. The Morgan fingerprint density at radius 1 is 1.35 bits per heavy atom. The molecule has 0 amide bonds. The molecule has 0 spiro atoms. The fraction of sp³-hybridized carbons (Fsp3) is 0.385. The van der Waals surface area contributed by atoms with Gasteiger partial charge in [-0.05, 0) is 47.5 Å². The van der Waals surface area contributed by atoms with Gasteiger partial charge in [0, 0.05) is 6.42 Å². The monoisotopic (exact) mass is 290 g/mol. The van der Waals surface area contributed by atoms with Gasteiger partial charge in [-0.25, -0.2) is 0 Å². The van der Waals surface area contributed by atoms with Crippen molar-refractivity contribution < 1.29 is 9.53 Å². The summed E-state index contributed by atoms with van der Waals surface area (Å²) >= 11 is 1.35. The normalized spacial score (nSPS) is 18.3. The van der Waals surface area contributed by atoms with Crippen molar-refractivity contribution >= 4 is 17.7 Å². The van der Waals surface area contributed by atoms with Gasteiger partial charge in [0.25, 0.3) is 0 Å². The van der Waals surface area contributed by atoms with Crippen LogP contribution in [-0.2, 0) is 9.53 Å². The van der Waals surface area contributed by atoms with E-state index in [1.165, 1.54) is 22.9 Å². The fourth-order valence-electron chi connectivity index (χ4n) is 1.98. The molecule has 20 heavy (non-hydrogen) atoms. The van der Waals surface area contributed by atoms with Crippen molar-refractivity contribution in [1.29, 1.82) is 0 Å². The van der Waals surface area contributed by atoms with E-state index in [-0.39, 0.29) is 11.2 Å². The average Bonchev–Trinajstić information content (AvgIpc) is 3.04. The Kier molecular flexibility index (Phi) is 3.43. The van der Waals surface area contributed by atoms with Gasteiger partial charge in [0.15, 0.2) is 0 Å². The van der Waals surface area contributed by atoms with Gasteiger partial charge in [-0.15, -0.1) is 5.10 Å². The number of ether oxygens (including phenoxy) is 1. The van der Waals surface area contributed by atoms with Crippen LogP contribution in [0.2, 0.25) is 0 Å². The number of hydrogen-bond donors (Lipinski definition) is 0. The minimum Gasteiger partial charge on any atom is -0.465 e. The van der Waals surface area contributed by atoms with Crippen LogP contribution in [0.3, 0.4) is 0 Å². The summed E-state index contributed by atoms with van der Waals surface area (Å²) in [5.41, 5.74) is 3.29. The van der Waals surface area contributed by atoms with Crippen LogP contribution in [0.4, 0.5) is 0 Å². The predicted octanol–water partition coefficient (Wildman–Crippen LogP) is 1.69. The van der Waals surface area contributed by atoms with Gasteiger partial charge in [0.05, 0.1) is 12.3 Å². The quantitative estimate of drug-likeness (QED) is 0.801. The molecule has 3 rings (SSSR count). The Bertz CT molecular complexity index is 656. The number of thioether (sulfide) groups is 1. The molecular weight excluding hydrogens is 276 g/mol. The van der Waals surface area contributed by atoms with Crippen LogP contribution in [0.1, 0.15) is 17.5 Å². The number of rotatable bonds is 3. The Morgan fingerprint density at radius 3 is 2.90 bits per heavy atom. The molecule has 1 aliphatic heterocycles. The van der Waals surface area contributed by atoms with Crippen LogP contribution < -0.4 is 0 Å². The van der Waals surface area contributed by atoms with Crippen molar-refractivity contribution in [2.45, 2.75) is 30.7 Å². The molecular formula is C13H14N4O2S.